The van der Waals surface area contributed by atoms with Gasteiger partial charge in [-0.05, 0) is 23.3 Å². The van der Waals surface area contributed by atoms with Crippen LogP contribution in [0.3, 0.4) is 0 Å². The van der Waals surface area contributed by atoms with Crippen molar-refractivity contribution >= 4 is 13.6 Å². The van der Waals surface area contributed by atoms with Crippen molar-refractivity contribution in [1.82, 2.24) is 9.97 Å². The maximum Gasteiger partial charge on any atom is 0.332 e. The lowest BCUT2D eigenvalue weighted by molar-refractivity contribution is -0.146. The maximum atomic E-state index is 11.1. The molecule has 1 heterocycles. The van der Waals surface area contributed by atoms with E-state index in [1.165, 1.54) is 0 Å². The molecular weight excluding hydrogens is 423 g/mol. The van der Waals surface area contributed by atoms with Crippen molar-refractivity contribution in [3.63, 3.8) is 0 Å². The zero-order valence-electron chi connectivity index (χ0n) is 16.3. The molecule has 2 aromatic carbocycles. The first kappa shape index (κ1) is 22.6. The predicted molar refractivity (Wildman–Crippen MR) is 111 cm³/mol. The number of hydrogen-bond donors (Lipinski definition) is 4. The van der Waals surface area contributed by atoms with E-state index >= 15 is 0 Å². The highest BCUT2D eigenvalue weighted by atomic mass is 31.2. The summed E-state index contributed by atoms with van der Waals surface area (Å²) in [5, 5.41) is 18.5. The minimum atomic E-state index is -4.14. The summed E-state index contributed by atoms with van der Waals surface area (Å²) in [5.74, 6) is -0.426. The van der Waals surface area contributed by atoms with Gasteiger partial charge < -0.3 is 24.7 Å². The molecule has 1 unspecified atom stereocenters. The lowest BCUT2D eigenvalue weighted by Crippen LogP contribution is -2.22. The predicted octanol–water partition coefficient (Wildman–Crippen LogP) is 2.39. The van der Waals surface area contributed by atoms with Crippen LogP contribution in [0.2, 0.25) is 0 Å². The Balaban J connectivity index is 1.71. The molecule has 3 rings (SSSR count). The van der Waals surface area contributed by atoms with Gasteiger partial charge in [0.25, 0.3) is 0 Å². The summed E-state index contributed by atoms with van der Waals surface area (Å²) in [6.45, 7) is 0.103. The summed E-state index contributed by atoms with van der Waals surface area (Å²) in [7, 11) is -4.14. The molecule has 0 bridgehead atoms. The number of hydrogen-bond acceptors (Lipinski definition) is 6. The molecule has 0 saturated heterocycles. The van der Waals surface area contributed by atoms with Crippen LogP contribution in [0.1, 0.15) is 16.8 Å². The minimum absolute atomic E-state index is 0.0819. The molecule has 3 aromatic rings. The Morgan fingerprint density at radius 1 is 1.06 bits per heavy atom. The van der Waals surface area contributed by atoms with E-state index in [0.29, 0.717) is 34.0 Å². The van der Waals surface area contributed by atoms with Crippen molar-refractivity contribution in [2.75, 3.05) is 0 Å². The smallest absolute Gasteiger partial charge is 0.332 e. The number of benzene rings is 2. The summed E-state index contributed by atoms with van der Waals surface area (Å²) in [6, 6.07) is 15.1. The lowest BCUT2D eigenvalue weighted by atomic mass is 10.1. The van der Waals surface area contributed by atoms with Gasteiger partial charge in [0.1, 0.15) is 12.4 Å². The van der Waals surface area contributed by atoms with E-state index in [1.54, 1.807) is 60.8 Å². The Morgan fingerprint density at radius 3 is 2.45 bits per heavy atom. The number of para-hydroxylation sites is 1. The quantitative estimate of drug-likeness (QED) is 0.365. The molecule has 1 atom stereocenters. The number of carboxylic acid groups (broad SMARTS) is 1. The average molecular weight is 444 g/mol. The second-order valence-corrected chi connectivity index (χ2v) is 8.49. The van der Waals surface area contributed by atoms with Crippen LogP contribution in [-0.4, -0.2) is 42.0 Å². The normalized spacial score (nSPS) is 12.4. The largest absolute Gasteiger partial charge is 0.487 e. The van der Waals surface area contributed by atoms with Crippen molar-refractivity contribution in [3.05, 3.63) is 77.6 Å². The van der Waals surface area contributed by atoms with Gasteiger partial charge in [0.2, 0.25) is 0 Å². The number of rotatable bonds is 9. The number of aliphatic carboxylic acids is 1. The van der Waals surface area contributed by atoms with Crippen molar-refractivity contribution < 1.29 is 34.1 Å². The van der Waals surface area contributed by atoms with E-state index in [1.807, 2.05) is 0 Å². The number of carbonyl (C=O) groups is 1. The summed E-state index contributed by atoms with van der Waals surface area (Å²) >= 11 is 0. The van der Waals surface area contributed by atoms with Gasteiger partial charge in [-0.3, -0.25) is 4.57 Å². The van der Waals surface area contributed by atoms with Crippen molar-refractivity contribution in [2.24, 2.45) is 0 Å². The molecule has 0 radical (unpaired) electrons. The number of aliphatic hydroxyl groups is 1. The molecule has 10 heteroatoms. The van der Waals surface area contributed by atoms with Crippen LogP contribution in [-0.2, 0) is 28.5 Å². The van der Waals surface area contributed by atoms with E-state index < -0.39 is 19.7 Å². The first-order chi connectivity index (χ1) is 14.7. The molecule has 9 nitrogen and oxygen atoms in total. The van der Waals surface area contributed by atoms with Gasteiger partial charge in [-0.2, -0.15) is 0 Å². The standard InChI is InChI=1S/C21H21N2O7P/c24-18(21(25)26)11-16-3-1-2-4-19(16)30-12-17-9-10-22-20(23-17)15-7-5-14(6-8-15)13-31(27,28)29/h1-10,18,24H,11-13H2,(H,25,26)(H2,27,28,29). The zero-order chi connectivity index (χ0) is 22.4. The number of ether oxygens (including phenoxy) is 1. The van der Waals surface area contributed by atoms with Gasteiger partial charge in [-0.25, -0.2) is 14.8 Å². The molecule has 0 amide bonds. The topological polar surface area (TPSA) is 150 Å². The highest BCUT2D eigenvalue weighted by molar-refractivity contribution is 7.50. The van der Waals surface area contributed by atoms with Crippen molar-refractivity contribution in [3.8, 4) is 17.1 Å². The SMILES string of the molecule is O=C(O)C(O)Cc1ccccc1OCc1ccnc(-c2ccc(CP(=O)(O)O)cc2)n1. The van der Waals surface area contributed by atoms with Crippen LogP contribution in [0.5, 0.6) is 5.75 Å². The summed E-state index contributed by atoms with van der Waals surface area (Å²) < 4.78 is 16.9. The van der Waals surface area contributed by atoms with E-state index in [-0.39, 0.29) is 19.2 Å². The molecule has 162 valence electrons. The summed E-state index contributed by atoms with van der Waals surface area (Å²) in [6.07, 6.45) is -0.367. The third kappa shape index (κ3) is 6.70. The van der Waals surface area contributed by atoms with Crippen molar-refractivity contribution in [1.29, 1.82) is 0 Å². The number of aromatic nitrogens is 2. The van der Waals surface area contributed by atoms with Gasteiger partial charge in [0.15, 0.2) is 11.9 Å². The maximum absolute atomic E-state index is 11.1. The second kappa shape index (κ2) is 9.80. The molecule has 0 aliphatic carbocycles. The summed E-state index contributed by atoms with van der Waals surface area (Å²) in [4.78, 5) is 37.7. The van der Waals surface area contributed by atoms with Crippen LogP contribution in [0, 0.1) is 0 Å². The zero-order valence-corrected chi connectivity index (χ0v) is 17.2. The molecule has 0 fully saturated rings. The van der Waals surface area contributed by atoms with E-state index in [9.17, 15) is 14.5 Å². The fraction of sp³-hybridized carbons (Fsp3) is 0.190. The van der Waals surface area contributed by atoms with Crippen LogP contribution in [0.15, 0.2) is 60.8 Å². The Morgan fingerprint density at radius 2 is 1.77 bits per heavy atom. The molecule has 0 aliphatic rings. The Labute approximate surface area is 178 Å². The Hall–Kier alpha value is -3.10. The van der Waals surface area contributed by atoms with E-state index in [4.69, 9.17) is 19.6 Å². The van der Waals surface area contributed by atoms with Crippen LogP contribution < -0.4 is 4.74 Å². The van der Waals surface area contributed by atoms with Gasteiger partial charge >= 0.3 is 13.6 Å². The first-order valence-electron chi connectivity index (χ1n) is 9.28. The van der Waals surface area contributed by atoms with E-state index in [0.717, 1.165) is 0 Å². The molecule has 31 heavy (non-hydrogen) atoms. The van der Waals surface area contributed by atoms with Gasteiger partial charge in [0.05, 0.1) is 11.9 Å². The number of aliphatic hydroxyl groups excluding tert-OH is 1. The highest BCUT2D eigenvalue weighted by Crippen LogP contribution is 2.39. The Bertz CT molecular complexity index is 1100. The fourth-order valence-corrected chi connectivity index (χ4v) is 3.56. The fourth-order valence-electron chi connectivity index (χ4n) is 2.87. The molecule has 0 aliphatic heterocycles. The molecule has 0 saturated carbocycles. The minimum Gasteiger partial charge on any atom is -0.487 e. The molecule has 4 N–H and O–H groups in total. The van der Waals surface area contributed by atoms with Crippen LogP contribution in [0.25, 0.3) is 11.4 Å². The van der Waals surface area contributed by atoms with Crippen molar-refractivity contribution in [2.45, 2.75) is 25.3 Å². The van der Waals surface area contributed by atoms with Gasteiger partial charge in [-0.15, -0.1) is 0 Å². The van der Waals surface area contributed by atoms with E-state index in [2.05, 4.69) is 9.97 Å². The number of nitrogens with zero attached hydrogens (tertiary/aromatic N) is 2. The molecule has 0 spiro atoms. The monoisotopic (exact) mass is 444 g/mol. The molecular formula is C21H21N2O7P. The first-order valence-corrected chi connectivity index (χ1v) is 11.1. The highest BCUT2D eigenvalue weighted by Gasteiger charge is 2.17. The second-order valence-electron chi connectivity index (χ2n) is 6.85. The average Bonchev–Trinajstić information content (AvgIpc) is 2.72. The third-order valence-electron chi connectivity index (χ3n) is 4.36. The Kier molecular flexibility index (Phi) is 7.14. The van der Waals surface area contributed by atoms with Crippen LogP contribution in [0.4, 0.5) is 0 Å². The van der Waals surface area contributed by atoms with Gasteiger partial charge in [0, 0.05) is 18.2 Å². The third-order valence-corrected chi connectivity index (χ3v) is 5.14. The van der Waals surface area contributed by atoms with Gasteiger partial charge in [-0.1, -0.05) is 42.5 Å². The molecule has 1 aromatic heterocycles. The van der Waals surface area contributed by atoms with Crippen LogP contribution >= 0.6 is 7.60 Å². The number of carboxylic acids is 1. The lowest BCUT2D eigenvalue weighted by Gasteiger charge is -2.13. The summed E-state index contributed by atoms with van der Waals surface area (Å²) in [5.41, 5.74) is 2.34.